The Morgan fingerprint density at radius 3 is 2.33 bits per heavy atom. The van der Waals surface area contributed by atoms with Crippen LogP contribution in [0.25, 0.3) is 0 Å². The number of likely N-dealkylation sites (tertiary alicyclic amines) is 1. The molecule has 11 nitrogen and oxygen atoms in total. The molecule has 266 valence electrons. The maximum atomic E-state index is 14.0. The number of piperidine rings is 2. The van der Waals surface area contributed by atoms with Crippen LogP contribution in [0.3, 0.4) is 0 Å². The van der Waals surface area contributed by atoms with Crippen LogP contribution in [-0.2, 0) is 23.8 Å². The highest BCUT2D eigenvalue weighted by atomic mass is 79.9. The Kier molecular flexibility index (Phi) is 10.9. The Balaban J connectivity index is 1.12. The number of nitrogens with zero attached hydrogens (tertiary/aromatic N) is 4. The number of nitrogen functional groups attached to an aromatic ring is 1. The van der Waals surface area contributed by atoms with Gasteiger partial charge >= 0.3 is 18.2 Å². The quantitative estimate of drug-likeness (QED) is 0.330. The molecule has 0 aliphatic carbocycles. The first-order valence-electron chi connectivity index (χ1n) is 17.1. The van der Waals surface area contributed by atoms with E-state index in [9.17, 15) is 27.6 Å². The van der Waals surface area contributed by atoms with E-state index in [1.807, 2.05) is 29.2 Å². The largest absolute Gasteiger partial charge is 0.418 e. The lowest BCUT2D eigenvalue weighted by molar-refractivity contribution is -0.137. The van der Waals surface area contributed by atoms with E-state index < -0.39 is 29.5 Å². The van der Waals surface area contributed by atoms with Gasteiger partial charge in [-0.2, -0.15) is 13.2 Å². The first kappa shape index (κ1) is 35.3. The number of halogens is 4. The van der Waals surface area contributed by atoms with E-state index in [0.29, 0.717) is 64.7 Å². The molecule has 2 aromatic carbocycles. The van der Waals surface area contributed by atoms with Gasteiger partial charge in [-0.05, 0) is 90.4 Å². The van der Waals surface area contributed by atoms with E-state index in [0.717, 1.165) is 49.7 Å². The smallest absolute Gasteiger partial charge is 0.397 e. The van der Waals surface area contributed by atoms with Gasteiger partial charge in [-0.25, -0.2) is 9.59 Å². The van der Waals surface area contributed by atoms with Gasteiger partial charge in [-0.15, -0.1) is 0 Å². The van der Waals surface area contributed by atoms with Crippen molar-refractivity contribution in [2.45, 2.75) is 62.8 Å². The summed E-state index contributed by atoms with van der Waals surface area (Å²) in [5.41, 5.74) is 6.44. The van der Waals surface area contributed by atoms with Crippen LogP contribution in [0, 0.1) is 0 Å². The van der Waals surface area contributed by atoms with E-state index in [-0.39, 0.29) is 34.4 Å². The number of amides is 5. The zero-order valence-electron chi connectivity index (χ0n) is 27.4. The minimum atomic E-state index is -4.69. The second-order valence-corrected chi connectivity index (χ2v) is 14.2. The van der Waals surface area contributed by atoms with Crippen molar-refractivity contribution in [3.63, 3.8) is 0 Å². The molecule has 3 fully saturated rings. The Morgan fingerprint density at radius 1 is 0.939 bits per heavy atom. The minimum Gasteiger partial charge on any atom is -0.397 e. The van der Waals surface area contributed by atoms with Gasteiger partial charge < -0.3 is 36.4 Å². The topological polar surface area (TPSA) is 126 Å². The highest BCUT2D eigenvalue weighted by Gasteiger charge is 2.37. The van der Waals surface area contributed by atoms with Crippen LogP contribution in [0.15, 0.2) is 40.9 Å². The number of hydrogen-bond donors (Lipinski definition) is 4. The van der Waals surface area contributed by atoms with E-state index in [1.165, 1.54) is 6.07 Å². The van der Waals surface area contributed by atoms with Crippen molar-refractivity contribution in [1.29, 1.82) is 0 Å². The average Bonchev–Trinajstić information content (AvgIpc) is 3.27. The summed E-state index contributed by atoms with van der Waals surface area (Å²) in [5, 5.41) is 9.25. The Morgan fingerprint density at radius 2 is 1.63 bits per heavy atom. The van der Waals surface area contributed by atoms with Crippen molar-refractivity contribution in [2.75, 3.05) is 70.0 Å². The number of carbonyl (C=O) groups is 3. The van der Waals surface area contributed by atoms with Crippen LogP contribution < -0.4 is 21.7 Å². The molecule has 15 heteroatoms. The molecule has 2 aromatic rings. The van der Waals surface area contributed by atoms with Crippen LogP contribution in [0.4, 0.5) is 34.1 Å². The van der Waals surface area contributed by atoms with Gasteiger partial charge in [-0.1, -0.05) is 18.2 Å². The third kappa shape index (κ3) is 8.26. The fraction of sp³-hybridized carbons (Fsp3) is 0.559. The van der Waals surface area contributed by atoms with Gasteiger partial charge in [0.1, 0.15) is 6.04 Å². The van der Waals surface area contributed by atoms with Crippen molar-refractivity contribution < 1.29 is 27.6 Å². The molecule has 0 aromatic heterocycles. The van der Waals surface area contributed by atoms with Crippen LogP contribution in [0.2, 0.25) is 0 Å². The van der Waals surface area contributed by atoms with Crippen molar-refractivity contribution in [3.8, 4) is 0 Å². The number of anilines is 2. The molecule has 4 heterocycles. The maximum Gasteiger partial charge on any atom is 0.418 e. The summed E-state index contributed by atoms with van der Waals surface area (Å²) in [6.45, 7) is 5.58. The van der Waals surface area contributed by atoms with Crippen molar-refractivity contribution in [3.05, 3.63) is 57.6 Å². The first-order chi connectivity index (χ1) is 23.5. The molecular formula is C34H44BrF3N8O3. The number of para-hydroxylation sites is 1. The lowest BCUT2D eigenvalue weighted by Crippen LogP contribution is -2.59. The van der Waals surface area contributed by atoms with Gasteiger partial charge in [0.05, 0.1) is 11.3 Å². The number of benzene rings is 2. The Bertz CT molecular complexity index is 1520. The molecule has 0 saturated carbocycles. The number of hydrogen-bond acceptors (Lipinski definition) is 6. The average molecular weight is 750 g/mol. The summed E-state index contributed by atoms with van der Waals surface area (Å²) >= 11 is 3.15. The minimum absolute atomic E-state index is 0.0556. The molecule has 4 aliphatic rings. The summed E-state index contributed by atoms with van der Waals surface area (Å²) in [5.74, 6) is -0.324. The summed E-state index contributed by atoms with van der Waals surface area (Å²) < 4.78 is 41.6. The van der Waals surface area contributed by atoms with Gasteiger partial charge in [0, 0.05) is 74.5 Å². The highest BCUT2D eigenvalue weighted by molar-refractivity contribution is 9.10. The zero-order valence-corrected chi connectivity index (χ0v) is 29.0. The summed E-state index contributed by atoms with van der Waals surface area (Å²) in [4.78, 5) is 48.3. The number of piperazine rings is 1. The molecular weight excluding hydrogens is 705 g/mol. The molecule has 0 spiro atoms. The number of urea groups is 2. The zero-order chi connectivity index (χ0) is 34.7. The second kappa shape index (κ2) is 15.1. The SMILES string of the molecule is Nc1c(Br)cc(CC(NC(=O)N2CCC(N3CCc4ccccc4NC3=O)CC2)C(=O)N2CCN(C3CCNCC3)CC2)cc1C(F)(F)F. The molecule has 49 heavy (non-hydrogen) atoms. The second-order valence-electron chi connectivity index (χ2n) is 13.3. The monoisotopic (exact) mass is 748 g/mol. The molecule has 3 saturated heterocycles. The predicted molar refractivity (Wildman–Crippen MR) is 184 cm³/mol. The lowest BCUT2D eigenvalue weighted by atomic mass is 10.00. The molecule has 0 radical (unpaired) electrons. The van der Waals surface area contributed by atoms with Crippen LogP contribution >= 0.6 is 15.9 Å². The molecule has 6 rings (SSSR count). The lowest BCUT2D eigenvalue weighted by Gasteiger charge is -2.42. The summed E-state index contributed by atoms with van der Waals surface area (Å²) in [7, 11) is 0. The number of fused-ring (bicyclic) bond motifs is 1. The molecule has 1 unspecified atom stereocenters. The Labute approximate surface area is 292 Å². The van der Waals surface area contributed by atoms with Crippen molar-refractivity contribution >= 4 is 45.3 Å². The van der Waals surface area contributed by atoms with E-state index in [4.69, 9.17) is 5.73 Å². The number of nitrogens with one attached hydrogen (secondary N) is 3. The summed E-state index contributed by atoms with van der Waals surface area (Å²) in [6, 6.07) is 8.87. The van der Waals surface area contributed by atoms with Crippen LogP contribution in [0.1, 0.15) is 42.4 Å². The van der Waals surface area contributed by atoms with E-state index >= 15 is 0 Å². The van der Waals surface area contributed by atoms with E-state index in [2.05, 4.69) is 36.8 Å². The molecule has 5 N–H and O–H groups in total. The molecule has 5 amide bonds. The first-order valence-corrected chi connectivity index (χ1v) is 17.9. The van der Waals surface area contributed by atoms with Crippen molar-refractivity contribution in [1.82, 2.24) is 30.2 Å². The van der Waals surface area contributed by atoms with Gasteiger partial charge in [0.25, 0.3) is 0 Å². The highest BCUT2D eigenvalue weighted by Crippen LogP contribution is 2.38. The van der Waals surface area contributed by atoms with Crippen LogP contribution in [0.5, 0.6) is 0 Å². The van der Waals surface area contributed by atoms with E-state index in [1.54, 1.807) is 9.80 Å². The number of carbonyl (C=O) groups excluding carboxylic acids is 3. The number of alkyl halides is 3. The van der Waals surface area contributed by atoms with Crippen molar-refractivity contribution in [2.24, 2.45) is 0 Å². The van der Waals surface area contributed by atoms with Crippen LogP contribution in [-0.4, -0.2) is 115 Å². The third-order valence-electron chi connectivity index (χ3n) is 10.3. The molecule has 4 aliphatic heterocycles. The van der Waals surface area contributed by atoms with Gasteiger partial charge in [0.15, 0.2) is 0 Å². The van der Waals surface area contributed by atoms with Gasteiger partial charge in [0.2, 0.25) is 5.91 Å². The predicted octanol–water partition coefficient (Wildman–Crippen LogP) is 4.12. The Hall–Kier alpha value is -3.56. The standard InChI is InChI=1S/C34H44BrF3N8O3/c35-27-20-22(19-26(30(27)39)34(36,37)38)21-29(31(47)44-17-15-43(16-18-44)24-5-10-40-11-6-24)42-32(48)45-12-8-25(9-13-45)46-14-7-23-3-1-2-4-28(23)41-33(46)49/h1-4,19-20,24-25,29,40H,5-18,21,39H2,(H,41,49)(H,42,48). The third-order valence-corrected chi connectivity index (χ3v) is 11.0. The normalized spacial score (nSPS) is 20.7. The summed E-state index contributed by atoms with van der Waals surface area (Å²) in [6.07, 6.45) is -0.870. The number of nitrogens with two attached hydrogens (primary N) is 1. The fourth-order valence-corrected chi connectivity index (χ4v) is 8.03. The molecule has 1 atom stereocenters. The number of rotatable bonds is 6. The maximum absolute atomic E-state index is 14.0. The fourth-order valence-electron chi connectivity index (χ4n) is 7.52. The van der Waals surface area contributed by atoms with Gasteiger partial charge in [-0.3, -0.25) is 9.69 Å². The molecule has 0 bridgehead atoms.